The van der Waals surface area contributed by atoms with Crippen LogP contribution in [0.5, 0.6) is 34.5 Å². The van der Waals surface area contributed by atoms with Gasteiger partial charge in [-0.05, 0) is 98.5 Å². The lowest BCUT2D eigenvalue weighted by atomic mass is 9.84. The highest BCUT2D eigenvalue weighted by molar-refractivity contribution is 5.95. The fourth-order valence-electron chi connectivity index (χ4n) is 7.79. The minimum absolute atomic E-state index is 0.0423. The first kappa shape index (κ1) is 49.7. The SMILES string of the molecule is C=CC(=O)OCCCCOc1ccc(C(=O)Oc2ccc(C(=O)O)c([C@@H]3CO[C@H]4[C@@H]3OC[C@H]4c3c(C(=O)O)ccc(OC(=O)c4ccc(OCCCCOC(=O)C=C)cc4)c3OC)c2OC)cc1. The molecule has 18 nitrogen and oxygen atoms in total. The van der Waals surface area contributed by atoms with Gasteiger partial charge in [-0.2, -0.15) is 0 Å². The summed E-state index contributed by atoms with van der Waals surface area (Å²) in [6.07, 6.45) is 2.88. The fraction of sp³-hybridized carbons (Fsp3) is 0.320. The van der Waals surface area contributed by atoms with Gasteiger partial charge in [0.15, 0.2) is 23.0 Å². The molecule has 2 N–H and O–H groups in total. The summed E-state index contributed by atoms with van der Waals surface area (Å²) >= 11 is 0. The van der Waals surface area contributed by atoms with Gasteiger partial charge in [-0.3, -0.25) is 0 Å². The lowest BCUT2D eigenvalue weighted by Gasteiger charge is -2.23. The summed E-state index contributed by atoms with van der Waals surface area (Å²) in [4.78, 5) is 74.6. The van der Waals surface area contributed by atoms with Crippen molar-refractivity contribution in [3.8, 4) is 34.5 Å². The number of methoxy groups -OCH3 is 2. The summed E-state index contributed by atoms with van der Waals surface area (Å²) in [5.74, 6) is -5.96. The van der Waals surface area contributed by atoms with Gasteiger partial charge in [0.2, 0.25) is 0 Å². The molecule has 0 spiro atoms. The molecule has 0 unspecified atom stereocenters. The van der Waals surface area contributed by atoms with Gasteiger partial charge < -0.3 is 57.6 Å². The molecule has 6 rings (SSSR count). The fourth-order valence-corrected chi connectivity index (χ4v) is 7.79. The second kappa shape index (κ2) is 23.7. The van der Waals surface area contributed by atoms with Crippen molar-refractivity contribution in [1.82, 2.24) is 0 Å². The maximum absolute atomic E-state index is 13.4. The minimum Gasteiger partial charge on any atom is -0.494 e. The summed E-state index contributed by atoms with van der Waals surface area (Å²) in [5.41, 5.74) is 0.281. The molecule has 2 fully saturated rings. The molecule has 0 amide bonds. The number of carbonyl (C=O) groups is 6. The second-order valence-corrected chi connectivity index (χ2v) is 15.2. The van der Waals surface area contributed by atoms with E-state index in [2.05, 4.69) is 13.2 Å². The number of hydrogen-bond acceptors (Lipinski definition) is 16. The largest absolute Gasteiger partial charge is 0.494 e. The maximum atomic E-state index is 13.4. The number of hydrogen-bond donors (Lipinski definition) is 2. The minimum atomic E-state index is -1.30. The number of ether oxygens (including phenoxy) is 10. The monoisotopic (exact) mass is 938 g/mol. The van der Waals surface area contributed by atoms with E-state index < -0.39 is 59.9 Å². The van der Waals surface area contributed by atoms with E-state index in [1.54, 1.807) is 24.3 Å². The number of carboxylic acid groups (broad SMARTS) is 2. The zero-order valence-corrected chi connectivity index (χ0v) is 37.3. The van der Waals surface area contributed by atoms with E-state index in [9.17, 15) is 39.0 Å². The Morgan fingerprint density at radius 2 is 0.926 bits per heavy atom. The van der Waals surface area contributed by atoms with Crippen molar-refractivity contribution in [3.05, 3.63) is 131 Å². The first-order valence-electron chi connectivity index (χ1n) is 21.5. The van der Waals surface area contributed by atoms with Crippen molar-refractivity contribution in [2.75, 3.05) is 53.9 Å². The topological polar surface area (TPSA) is 235 Å². The molecule has 4 atom stereocenters. The normalized spacial score (nSPS) is 16.9. The van der Waals surface area contributed by atoms with Gasteiger partial charge in [-0.1, -0.05) is 13.2 Å². The van der Waals surface area contributed by atoms with Crippen LogP contribution in [-0.4, -0.2) is 112 Å². The first-order chi connectivity index (χ1) is 32.9. The molecular weight excluding hydrogens is 889 g/mol. The third kappa shape index (κ3) is 12.0. The summed E-state index contributed by atoms with van der Waals surface area (Å²) in [7, 11) is 2.61. The van der Waals surface area contributed by atoms with E-state index in [4.69, 9.17) is 47.4 Å². The molecule has 2 aliphatic heterocycles. The highest BCUT2D eigenvalue weighted by Crippen LogP contribution is 2.51. The van der Waals surface area contributed by atoms with E-state index in [0.717, 1.165) is 12.2 Å². The molecule has 0 aliphatic carbocycles. The van der Waals surface area contributed by atoms with Crippen molar-refractivity contribution >= 4 is 35.8 Å². The zero-order chi connectivity index (χ0) is 48.7. The Hall–Kier alpha value is -7.70. The number of fused-ring (bicyclic) bond motifs is 1. The van der Waals surface area contributed by atoms with Gasteiger partial charge in [-0.25, -0.2) is 28.8 Å². The Bertz CT molecular complexity index is 2320. The van der Waals surface area contributed by atoms with Gasteiger partial charge in [0.05, 0.1) is 88.3 Å². The Morgan fingerprint density at radius 1 is 0.559 bits per heavy atom. The van der Waals surface area contributed by atoms with Gasteiger partial charge in [0.25, 0.3) is 0 Å². The smallest absolute Gasteiger partial charge is 0.343 e. The summed E-state index contributed by atoms with van der Waals surface area (Å²) in [6.45, 7) is 7.67. The van der Waals surface area contributed by atoms with Crippen LogP contribution >= 0.6 is 0 Å². The third-order valence-corrected chi connectivity index (χ3v) is 11.0. The standard InChI is InChI=1S/C50H50O18/c1-5-39(51)63-25-9-7-23-61-31-15-11-29(12-16-31)49(57)67-37-21-19-33(47(53)54)41(45(37)59-3)35-27-65-44-36(28-66-43(35)44)42-34(48(55)56)20-22-38(46(42)60-4)68-50(58)30-13-17-32(18-14-30)62-24-8-10-26-64-40(52)6-2/h5-6,11-22,35-36,43-44H,1-2,7-10,23-28H2,3-4H3,(H,53,54)(H,55,56)/t35-,36-,43+,44+/m0/s1. The van der Waals surface area contributed by atoms with Crippen molar-refractivity contribution in [2.45, 2.75) is 49.7 Å². The molecule has 4 aromatic rings. The molecular formula is C50H50O18. The molecule has 18 heteroatoms. The molecule has 68 heavy (non-hydrogen) atoms. The van der Waals surface area contributed by atoms with Crippen LogP contribution in [0.2, 0.25) is 0 Å². The molecule has 0 aromatic heterocycles. The highest BCUT2D eigenvalue weighted by atomic mass is 16.6. The number of carbonyl (C=O) groups excluding carboxylic acids is 4. The average Bonchev–Trinajstić information content (AvgIpc) is 3.96. The summed E-state index contributed by atoms with van der Waals surface area (Å²) in [5, 5.41) is 20.7. The number of benzene rings is 4. The number of aromatic carboxylic acids is 2. The van der Waals surface area contributed by atoms with Gasteiger partial charge in [0, 0.05) is 35.1 Å². The maximum Gasteiger partial charge on any atom is 0.343 e. The molecule has 2 heterocycles. The Labute approximate surface area is 390 Å². The first-order valence-corrected chi connectivity index (χ1v) is 21.5. The van der Waals surface area contributed by atoms with Crippen molar-refractivity contribution < 1.29 is 86.3 Å². The molecule has 2 saturated heterocycles. The molecule has 0 saturated carbocycles. The van der Waals surface area contributed by atoms with Crippen LogP contribution in [0.3, 0.4) is 0 Å². The quantitative estimate of drug-likeness (QED) is 0.0312. The number of esters is 4. The Balaban J connectivity index is 1.15. The van der Waals surface area contributed by atoms with Gasteiger partial charge in [-0.15, -0.1) is 0 Å². The lowest BCUT2D eigenvalue weighted by molar-refractivity contribution is -0.138. The molecule has 0 bridgehead atoms. The number of rotatable bonds is 24. The van der Waals surface area contributed by atoms with Gasteiger partial charge >= 0.3 is 35.8 Å². The van der Waals surface area contributed by atoms with Gasteiger partial charge in [0.1, 0.15) is 11.5 Å². The molecule has 2 aliphatic rings. The average molecular weight is 939 g/mol. The zero-order valence-electron chi connectivity index (χ0n) is 37.3. The van der Waals surface area contributed by atoms with Crippen LogP contribution in [0.25, 0.3) is 0 Å². The number of carboxylic acids is 2. The lowest BCUT2D eigenvalue weighted by Crippen LogP contribution is -2.27. The Kier molecular flexibility index (Phi) is 17.3. The van der Waals surface area contributed by atoms with E-state index in [1.807, 2.05) is 0 Å². The van der Waals surface area contributed by atoms with Crippen molar-refractivity contribution in [2.24, 2.45) is 0 Å². The van der Waals surface area contributed by atoms with Crippen LogP contribution in [0.1, 0.15) is 90.1 Å². The third-order valence-electron chi connectivity index (χ3n) is 11.0. The predicted octanol–water partition coefficient (Wildman–Crippen LogP) is 6.98. The Morgan fingerprint density at radius 3 is 1.26 bits per heavy atom. The second-order valence-electron chi connectivity index (χ2n) is 15.2. The predicted molar refractivity (Wildman–Crippen MR) is 239 cm³/mol. The van der Waals surface area contributed by atoms with E-state index in [0.29, 0.717) is 50.4 Å². The van der Waals surface area contributed by atoms with E-state index >= 15 is 0 Å². The van der Waals surface area contributed by atoms with E-state index in [1.165, 1.54) is 62.8 Å². The van der Waals surface area contributed by atoms with Crippen LogP contribution < -0.4 is 28.4 Å². The van der Waals surface area contributed by atoms with E-state index in [-0.39, 0.29) is 82.8 Å². The molecule has 358 valence electrons. The number of unbranched alkanes of at least 4 members (excludes halogenated alkanes) is 2. The summed E-state index contributed by atoms with van der Waals surface area (Å²) < 4.78 is 56.9. The molecule has 4 aromatic carbocycles. The van der Waals surface area contributed by atoms with Crippen molar-refractivity contribution in [1.29, 1.82) is 0 Å². The van der Waals surface area contributed by atoms with Crippen molar-refractivity contribution in [3.63, 3.8) is 0 Å². The summed E-state index contributed by atoms with van der Waals surface area (Å²) in [6, 6.07) is 17.6. The van der Waals surface area contributed by atoms with Crippen LogP contribution in [-0.2, 0) is 28.5 Å². The van der Waals surface area contributed by atoms with Crippen LogP contribution in [0.4, 0.5) is 0 Å². The van der Waals surface area contributed by atoms with Crippen LogP contribution in [0, 0.1) is 0 Å². The highest BCUT2D eigenvalue weighted by Gasteiger charge is 2.52. The van der Waals surface area contributed by atoms with Crippen LogP contribution in [0.15, 0.2) is 98.1 Å². The molecule has 0 radical (unpaired) electrons.